The zero-order valence-corrected chi connectivity index (χ0v) is 12.3. The first kappa shape index (κ1) is 14.1. The zero-order chi connectivity index (χ0) is 13.0. The molecule has 0 spiro atoms. The van der Waals surface area contributed by atoms with Crippen LogP contribution >= 0.6 is 23.2 Å². The van der Waals surface area contributed by atoms with Gasteiger partial charge in [0.15, 0.2) is 0 Å². The molecule has 1 N–H and O–H groups in total. The van der Waals surface area contributed by atoms with E-state index in [1.807, 2.05) is 18.2 Å². The summed E-state index contributed by atoms with van der Waals surface area (Å²) in [6.07, 6.45) is 2.61. The van der Waals surface area contributed by atoms with Crippen molar-refractivity contribution in [1.29, 1.82) is 0 Å². The smallest absolute Gasteiger partial charge is 0.0452 e. The van der Waals surface area contributed by atoms with E-state index in [-0.39, 0.29) is 0 Å². The van der Waals surface area contributed by atoms with Gasteiger partial charge in [-0.1, -0.05) is 23.2 Å². The first-order valence-corrected chi connectivity index (χ1v) is 7.24. The minimum absolute atomic E-state index is 0.752. The molecule has 1 unspecified atom stereocenters. The van der Waals surface area contributed by atoms with Gasteiger partial charge in [0.05, 0.1) is 0 Å². The van der Waals surface area contributed by atoms with Crippen molar-refractivity contribution in [3.63, 3.8) is 0 Å². The summed E-state index contributed by atoms with van der Waals surface area (Å²) in [5.41, 5.74) is 1.11. The summed E-state index contributed by atoms with van der Waals surface area (Å²) < 4.78 is 0. The Balaban J connectivity index is 1.89. The first-order chi connectivity index (χ1) is 8.65. The molecule has 1 aliphatic rings. The second kappa shape index (κ2) is 6.76. The average Bonchev–Trinajstić information content (AvgIpc) is 2.35. The van der Waals surface area contributed by atoms with Crippen molar-refractivity contribution in [2.75, 3.05) is 26.7 Å². The lowest BCUT2D eigenvalue weighted by atomic mass is 9.99. The fraction of sp³-hybridized carbons (Fsp3) is 0.571. The Morgan fingerprint density at radius 1 is 1.39 bits per heavy atom. The van der Waals surface area contributed by atoms with Crippen LogP contribution in [0.1, 0.15) is 18.4 Å². The van der Waals surface area contributed by atoms with Gasteiger partial charge >= 0.3 is 0 Å². The lowest BCUT2D eigenvalue weighted by molar-refractivity contribution is 0.237. The first-order valence-electron chi connectivity index (χ1n) is 6.48. The van der Waals surface area contributed by atoms with Gasteiger partial charge in [0, 0.05) is 23.1 Å². The molecular formula is C14H20Cl2N2. The lowest BCUT2D eigenvalue weighted by Gasteiger charge is -2.27. The Kier molecular flexibility index (Phi) is 5.31. The van der Waals surface area contributed by atoms with Gasteiger partial charge in [-0.2, -0.15) is 0 Å². The van der Waals surface area contributed by atoms with Crippen molar-refractivity contribution in [3.8, 4) is 0 Å². The van der Waals surface area contributed by atoms with Gasteiger partial charge in [-0.25, -0.2) is 0 Å². The zero-order valence-electron chi connectivity index (χ0n) is 10.8. The highest BCUT2D eigenvalue weighted by molar-refractivity contribution is 6.33. The van der Waals surface area contributed by atoms with Crippen LogP contribution in [-0.2, 0) is 6.54 Å². The van der Waals surface area contributed by atoms with E-state index in [1.165, 1.54) is 19.4 Å². The number of nitrogens with one attached hydrogen (secondary N) is 1. The van der Waals surface area contributed by atoms with Gasteiger partial charge in [0.1, 0.15) is 0 Å². The minimum atomic E-state index is 0.752. The normalized spacial score (nSPS) is 20.3. The van der Waals surface area contributed by atoms with Crippen LogP contribution in [0, 0.1) is 5.92 Å². The standard InChI is InChI=1S/C14H20Cl2N2/c1-18(9-11-3-2-6-17-8-11)10-12-7-13(15)4-5-14(12)16/h4-5,7,11,17H,2-3,6,8-10H2,1H3. The van der Waals surface area contributed by atoms with Crippen LogP contribution in [0.3, 0.4) is 0 Å². The SMILES string of the molecule is CN(Cc1cc(Cl)ccc1Cl)CC1CCCNC1. The van der Waals surface area contributed by atoms with E-state index in [0.717, 1.165) is 41.2 Å². The van der Waals surface area contributed by atoms with E-state index in [9.17, 15) is 0 Å². The van der Waals surface area contributed by atoms with E-state index in [1.54, 1.807) is 0 Å². The number of halogens is 2. The van der Waals surface area contributed by atoms with Gasteiger partial charge in [0.25, 0.3) is 0 Å². The fourth-order valence-corrected chi connectivity index (χ4v) is 2.91. The Bertz CT molecular complexity index is 389. The summed E-state index contributed by atoms with van der Waals surface area (Å²) in [6.45, 7) is 4.26. The summed E-state index contributed by atoms with van der Waals surface area (Å²) in [7, 11) is 2.14. The Labute approximate surface area is 119 Å². The number of nitrogens with zero attached hydrogens (tertiary/aromatic N) is 1. The molecule has 18 heavy (non-hydrogen) atoms. The van der Waals surface area contributed by atoms with Gasteiger partial charge < -0.3 is 10.2 Å². The monoisotopic (exact) mass is 286 g/mol. The molecule has 1 atom stereocenters. The second-order valence-corrected chi connectivity index (χ2v) is 5.99. The third-order valence-electron chi connectivity index (χ3n) is 3.42. The number of hydrogen-bond acceptors (Lipinski definition) is 2. The number of piperidine rings is 1. The van der Waals surface area contributed by atoms with Crippen LogP contribution in [0.5, 0.6) is 0 Å². The summed E-state index contributed by atoms with van der Waals surface area (Å²) >= 11 is 12.2. The molecule has 1 aliphatic heterocycles. The molecule has 100 valence electrons. The van der Waals surface area contributed by atoms with E-state index >= 15 is 0 Å². The molecular weight excluding hydrogens is 267 g/mol. The molecule has 1 aromatic rings. The van der Waals surface area contributed by atoms with Gasteiger partial charge in [-0.15, -0.1) is 0 Å². The number of hydrogen-bond donors (Lipinski definition) is 1. The summed E-state index contributed by atoms with van der Waals surface area (Å²) in [6, 6.07) is 5.66. The Morgan fingerprint density at radius 3 is 2.94 bits per heavy atom. The van der Waals surface area contributed by atoms with Crippen LogP contribution < -0.4 is 5.32 Å². The molecule has 4 heteroatoms. The Morgan fingerprint density at radius 2 is 2.22 bits per heavy atom. The third-order valence-corrected chi connectivity index (χ3v) is 4.02. The van der Waals surface area contributed by atoms with Crippen LogP contribution in [0.25, 0.3) is 0 Å². The molecule has 0 radical (unpaired) electrons. The number of benzene rings is 1. The predicted octanol–water partition coefficient (Wildman–Crippen LogP) is 3.42. The quantitative estimate of drug-likeness (QED) is 0.912. The van der Waals surface area contributed by atoms with Gasteiger partial charge in [-0.05, 0) is 62.7 Å². The van der Waals surface area contributed by atoms with E-state index in [0.29, 0.717) is 0 Å². The van der Waals surface area contributed by atoms with E-state index < -0.39 is 0 Å². The molecule has 2 rings (SSSR count). The van der Waals surface area contributed by atoms with Crippen molar-refractivity contribution in [2.24, 2.45) is 5.92 Å². The Hall–Kier alpha value is -0.280. The highest BCUT2D eigenvalue weighted by Crippen LogP contribution is 2.22. The highest BCUT2D eigenvalue weighted by atomic mass is 35.5. The lowest BCUT2D eigenvalue weighted by Crippen LogP contribution is -2.36. The molecule has 1 fully saturated rings. The van der Waals surface area contributed by atoms with Crippen LogP contribution in [0.4, 0.5) is 0 Å². The second-order valence-electron chi connectivity index (χ2n) is 5.14. The van der Waals surface area contributed by atoms with Crippen LogP contribution in [0.15, 0.2) is 18.2 Å². The molecule has 0 aromatic heterocycles. The average molecular weight is 287 g/mol. The fourth-order valence-electron chi connectivity index (χ4n) is 2.54. The maximum absolute atomic E-state index is 6.19. The molecule has 0 saturated carbocycles. The van der Waals surface area contributed by atoms with Gasteiger partial charge in [-0.3, -0.25) is 0 Å². The predicted molar refractivity (Wildman–Crippen MR) is 78.4 cm³/mol. The largest absolute Gasteiger partial charge is 0.316 e. The number of rotatable bonds is 4. The van der Waals surface area contributed by atoms with Crippen molar-refractivity contribution in [1.82, 2.24) is 10.2 Å². The van der Waals surface area contributed by atoms with Crippen molar-refractivity contribution >= 4 is 23.2 Å². The molecule has 2 nitrogen and oxygen atoms in total. The van der Waals surface area contributed by atoms with Crippen molar-refractivity contribution in [2.45, 2.75) is 19.4 Å². The molecule has 0 amide bonds. The van der Waals surface area contributed by atoms with Gasteiger partial charge in [0.2, 0.25) is 0 Å². The van der Waals surface area contributed by atoms with E-state index in [4.69, 9.17) is 23.2 Å². The molecule has 1 heterocycles. The highest BCUT2D eigenvalue weighted by Gasteiger charge is 2.15. The molecule has 0 bridgehead atoms. The molecule has 1 aromatic carbocycles. The van der Waals surface area contributed by atoms with Crippen LogP contribution in [0.2, 0.25) is 10.0 Å². The molecule has 0 aliphatic carbocycles. The minimum Gasteiger partial charge on any atom is -0.316 e. The summed E-state index contributed by atoms with van der Waals surface area (Å²) in [4.78, 5) is 2.33. The van der Waals surface area contributed by atoms with Crippen molar-refractivity contribution in [3.05, 3.63) is 33.8 Å². The van der Waals surface area contributed by atoms with Crippen molar-refractivity contribution < 1.29 is 0 Å². The summed E-state index contributed by atoms with van der Waals surface area (Å²) in [5.74, 6) is 0.752. The maximum Gasteiger partial charge on any atom is 0.0452 e. The van der Waals surface area contributed by atoms with E-state index in [2.05, 4.69) is 17.3 Å². The maximum atomic E-state index is 6.19. The van der Waals surface area contributed by atoms with Crippen LogP contribution in [-0.4, -0.2) is 31.6 Å². The topological polar surface area (TPSA) is 15.3 Å². The molecule has 1 saturated heterocycles. The third kappa shape index (κ3) is 4.13. The summed E-state index contributed by atoms with van der Waals surface area (Å²) in [5, 5.41) is 5.00.